The van der Waals surface area contributed by atoms with E-state index in [0.717, 1.165) is 25.2 Å². The minimum atomic E-state index is -3.97. The SMILES string of the molecule is CC1CCCN(C(=O)CCN(c2ccc(F)c(F)c2F)S(C)(=O)=O)C1. The van der Waals surface area contributed by atoms with E-state index in [1.165, 1.54) is 0 Å². The van der Waals surface area contributed by atoms with Crippen molar-refractivity contribution in [3.8, 4) is 0 Å². The van der Waals surface area contributed by atoms with Gasteiger partial charge >= 0.3 is 0 Å². The minimum Gasteiger partial charge on any atom is -0.342 e. The monoisotopic (exact) mass is 378 g/mol. The quantitative estimate of drug-likeness (QED) is 0.740. The summed E-state index contributed by atoms with van der Waals surface area (Å²) >= 11 is 0. The first kappa shape index (κ1) is 19.6. The second-order valence-electron chi connectivity index (χ2n) is 6.37. The molecule has 0 aromatic heterocycles. The fourth-order valence-electron chi connectivity index (χ4n) is 2.94. The molecule has 5 nitrogen and oxygen atoms in total. The summed E-state index contributed by atoms with van der Waals surface area (Å²) in [5, 5.41) is 0. The third kappa shape index (κ3) is 4.65. The van der Waals surface area contributed by atoms with Crippen LogP contribution in [0.15, 0.2) is 12.1 Å². The Bertz CT molecular complexity index is 755. The number of rotatable bonds is 5. The topological polar surface area (TPSA) is 57.7 Å². The third-order valence-electron chi connectivity index (χ3n) is 4.22. The van der Waals surface area contributed by atoms with Gasteiger partial charge in [-0.2, -0.15) is 0 Å². The molecule has 0 bridgehead atoms. The van der Waals surface area contributed by atoms with Gasteiger partial charge in [0.2, 0.25) is 15.9 Å². The van der Waals surface area contributed by atoms with Crippen LogP contribution < -0.4 is 4.31 Å². The lowest BCUT2D eigenvalue weighted by Gasteiger charge is -2.32. The summed E-state index contributed by atoms with van der Waals surface area (Å²) in [7, 11) is -3.97. The van der Waals surface area contributed by atoms with Crippen molar-refractivity contribution in [2.75, 3.05) is 30.2 Å². The first-order valence-electron chi connectivity index (χ1n) is 8.00. The number of nitrogens with zero attached hydrogens (tertiary/aromatic N) is 2. The van der Waals surface area contributed by atoms with E-state index in [1.807, 2.05) is 6.92 Å². The molecule has 1 fully saturated rings. The van der Waals surface area contributed by atoms with Crippen molar-refractivity contribution in [1.29, 1.82) is 0 Å². The molecule has 1 aromatic rings. The number of benzene rings is 1. The van der Waals surface area contributed by atoms with Crippen LogP contribution in [0.4, 0.5) is 18.9 Å². The number of halogens is 3. The second-order valence-corrected chi connectivity index (χ2v) is 8.27. The molecule has 1 aliphatic heterocycles. The van der Waals surface area contributed by atoms with E-state index in [9.17, 15) is 26.4 Å². The van der Waals surface area contributed by atoms with E-state index in [1.54, 1.807) is 4.90 Å². The Morgan fingerprint density at radius 3 is 2.56 bits per heavy atom. The molecule has 140 valence electrons. The van der Waals surface area contributed by atoms with E-state index in [0.29, 0.717) is 29.4 Å². The Balaban J connectivity index is 2.17. The van der Waals surface area contributed by atoms with Crippen LogP contribution in [0.1, 0.15) is 26.2 Å². The minimum absolute atomic E-state index is 0.168. The number of hydrogen-bond donors (Lipinski definition) is 0. The summed E-state index contributed by atoms with van der Waals surface area (Å²) in [4.78, 5) is 13.9. The molecule has 0 radical (unpaired) electrons. The molecule has 0 N–H and O–H groups in total. The first-order valence-corrected chi connectivity index (χ1v) is 9.85. The summed E-state index contributed by atoms with van der Waals surface area (Å²) in [6.07, 6.45) is 2.55. The van der Waals surface area contributed by atoms with Crippen LogP contribution in [0.25, 0.3) is 0 Å². The second kappa shape index (κ2) is 7.63. The van der Waals surface area contributed by atoms with E-state index in [2.05, 4.69) is 0 Å². The molecule has 1 heterocycles. The molecule has 1 atom stereocenters. The van der Waals surface area contributed by atoms with Gasteiger partial charge in [0.25, 0.3) is 0 Å². The van der Waals surface area contributed by atoms with Crippen LogP contribution in [-0.4, -0.2) is 45.1 Å². The van der Waals surface area contributed by atoms with Gasteiger partial charge in [0, 0.05) is 26.1 Å². The summed E-state index contributed by atoms with van der Waals surface area (Å²) in [5.41, 5.74) is -0.610. The van der Waals surface area contributed by atoms with Gasteiger partial charge in [0.1, 0.15) is 0 Å². The Kier molecular flexibility index (Phi) is 5.97. The smallest absolute Gasteiger partial charge is 0.232 e. The predicted octanol–water partition coefficient (Wildman–Crippen LogP) is 2.52. The molecule has 1 saturated heterocycles. The molecule has 1 aliphatic rings. The number of sulfonamides is 1. The zero-order valence-electron chi connectivity index (χ0n) is 14.1. The van der Waals surface area contributed by atoms with Crippen molar-refractivity contribution in [2.45, 2.75) is 26.2 Å². The van der Waals surface area contributed by atoms with Crippen molar-refractivity contribution in [3.05, 3.63) is 29.6 Å². The standard InChI is InChI=1S/C16H21F3N2O3S/c1-11-4-3-8-20(10-11)14(22)7-9-21(25(2,23)24)13-6-5-12(17)15(18)16(13)19/h5-6,11H,3-4,7-10H2,1-2H3. The van der Waals surface area contributed by atoms with E-state index >= 15 is 0 Å². The molecule has 9 heteroatoms. The van der Waals surface area contributed by atoms with Crippen LogP contribution in [0.3, 0.4) is 0 Å². The Morgan fingerprint density at radius 1 is 1.28 bits per heavy atom. The Labute approximate surface area is 145 Å². The maximum atomic E-state index is 14.0. The van der Waals surface area contributed by atoms with Gasteiger partial charge in [0.15, 0.2) is 17.5 Å². The van der Waals surface area contributed by atoms with Gasteiger partial charge in [-0.3, -0.25) is 9.10 Å². The molecular weight excluding hydrogens is 357 g/mol. The van der Waals surface area contributed by atoms with Crippen molar-refractivity contribution >= 4 is 21.6 Å². The van der Waals surface area contributed by atoms with Gasteiger partial charge in [-0.25, -0.2) is 21.6 Å². The molecule has 0 saturated carbocycles. The van der Waals surface area contributed by atoms with Gasteiger partial charge < -0.3 is 4.90 Å². The van der Waals surface area contributed by atoms with Gasteiger partial charge in [0.05, 0.1) is 11.9 Å². The lowest BCUT2D eigenvalue weighted by molar-refractivity contribution is -0.132. The maximum Gasteiger partial charge on any atom is 0.232 e. The van der Waals surface area contributed by atoms with Gasteiger partial charge in [-0.15, -0.1) is 0 Å². The van der Waals surface area contributed by atoms with E-state index in [-0.39, 0.29) is 18.9 Å². The summed E-state index contributed by atoms with van der Waals surface area (Å²) in [5.74, 6) is -4.63. The number of piperidine rings is 1. The molecule has 0 aliphatic carbocycles. The van der Waals surface area contributed by atoms with Crippen molar-refractivity contribution in [2.24, 2.45) is 5.92 Å². The van der Waals surface area contributed by atoms with E-state index in [4.69, 9.17) is 0 Å². The summed E-state index contributed by atoms with van der Waals surface area (Å²) in [6, 6.07) is 1.50. The highest BCUT2D eigenvalue weighted by Gasteiger charge is 2.27. The number of carbonyl (C=O) groups is 1. The highest BCUT2D eigenvalue weighted by atomic mass is 32.2. The molecule has 25 heavy (non-hydrogen) atoms. The molecule has 1 aromatic carbocycles. The molecule has 1 unspecified atom stereocenters. The van der Waals surface area contributed by atoms with Crippen LogP contribution in [-0.2, 0) is 14.8 Å². The number of hydrogen-bond acceptors (Lipinski definition) is 3. The maximum absolute atomic E-state index is 14.0. The Morgan fingerprint density at radius 2 is 1.96 bits per heavy atom. The number of anilines is 1. The van der Waals surface area contributed by atoms with Crippen LogP contribution in [0, 0.1) is 23.4 Å². The molecular formula is C16H21F3N2O3S. The molecule has 1 amide bonds. The normalized spacial score (nSPS) is 18.3. The predicted molar refractivity (Wildman–Crippen MR) is 88.1 cm³/mol. The molecule has 2 rings (SSSR count). The zero-order chi connectivity index (χ0) is 18.8. The third-order valence-corrected chi connectivity index (χ3v) is 5.40. The van der Waals surface area contributed by atoms with Crippen LogP contribution in [0.5, 0.6) is 0 Å². The van der Waals surface area contributed by atoms with Gasteiger partial charge in [-0.05, 0) is 30.9 Å². The fraction of sp³-hybridized carbons (Fsp3) is 0.562. The average molecular weight is 378 g/mol. The van der Waals surface area contributed by atoms with Crippen LogP contribution >= 0.6 is 0 Å². The van der Waals surface area contributed by atoms with Gasteiger partial charge in [-0.1, -0.05) is 6.92 Å². The average Bonchev–Trinajstić information content (AvgIpc) is 2.53. The number of amides is 1. The fourth-order valence-corrected chi connectivity index (χ4v) is 3.87. The first-order chi connectivity index (χ1) is 11.6. The lowest BCUT2D eigenvalue weighted by atomic mass is 10.00. The van der Waals surface area contributed by atoms with E-state index < -0.39 is 33.2 Å². The highest BCUT2D eigenvalue weighted by molar-refractivity contribution is 7.92. The summed E-state index contributed by atoms with van der Waals surface area (Å²) < 4.78 is 64.9. The Hall–Kier alpha value is -1.77. The number of carbonyl (C=O) groups excluding carboxylic acids is 1. The largest absolute Gasteiger partial charge is 0.342 e. The van der Waals surface area contributed by atoms with Crippen molar-refractivity contribution in [1.82, 2.24) is 4.90 Å². The van der Waals surface area contributed by atoms with Crippen molar-refractivity contribution in [3.63, 3.8) is 0 Å². The highest BCUT2D eigenvalue weighted by Crippen LogP contribution is 2.26. The zero-order valence-corrected chi connectivity index (χ0v) is 15.0. The number of likely N-dealkylation sites (tertiary alicyclic amines) is 1. The lowest BCUT2D eigenvalue weighted by Crippen LogP contribution is -2.41. The molecule has 0 spiro atoms. The summed E-state index contributed by atoms with van der Waals surface area (Å²) in [6.45, 7) is 2.88. The van der Waals surface area contributed by atoms with Crippen LogP contribution in [0.2, 0.25) is 0 Å². The van der Waals surface area contributed by atoms with Crippen molar-refractivity contribution < 1.29 is 26.4 Å².